The number of non-ortho nitro benzene ring substituents is 1. The van der Waals surface area contributed by atoms with E-state index in [1.807, 2.05) is 0 Å². The second kappa shape index (κ2) is 5.16. The number of anilines is 1. The van der Waals surface area contributed by atoms with Gasteiger partial charge in [-0.3, -0.25) is 10.1 Å². The van der Waals surface area contributed by atoms with E-state index in [9.17, 15) is 10.1 Å². The number of hydrogen-bond acceptors (Lipinski definition) is 4. The molecule has 82 valence electrons. The van der Waals surface area contributed by atoms with Crippen molar-refractivity contribution in [1.82, 2.24) is 0 Å². The Labute approximate surface area is 95.8 Å². The van der Waals surface area contributed by atoms with Gasteiger partial charge in [-0.05, 0) is 0 Å². The van der Waals surface area contributed by atoms with E-state index in [0.717, 1.165) is 0 Å². The maximum absolute atomic E-state index is 10.5. The molecule has 1 aromatic carbocycles. The third-order valence-electron chi connectivity index (χ3n) is 1.65. The molecule has 0 saturated carbocycles. The molecule has 0 saturated heterocycles. The maximum atomic E-state index is 10.5. The Bertz CT molecular complexity index is 361. The van der Waals surface area contributed by atoms with Crippen LogP contribution in [0.1, 0.15) is 0 Å². The molecule has 1 aromatic rings. The molecule has 0 aliphatic carbocycles. The average molecular weight is 251 g/mol. The molecule has 0 fully saturated rings. The van der Waals surface area contributed by atoms with E-state index in [-0.39, 0.29) is 28.9 Å². The lowest BCUT2D eigenvalue weighted by atomic mass is 10.3. The Morgan fingerprint density at radius 2 is 1.93 bits per heavy atom. The van der Waals surface area contributed by atoms with Crippen molar-refractivity contribution in [2.24, 2.45) is 0 Å². The minimum absolute atomic E-state index is 0.0797. The van der Waals surface area contributed by atoms with Gasteiger partial charge < -0.3 is 10.4 Å². The zero-order valence-corrected chi connectivity index (χ0v) is 9.05. The predicted octanol–water partition coefficient (Wildman–Crippen LogP) is 2.31. The van der Waals surface area contributed by atoms with Crippen molar-refractivity contribution in [2.45, 2.75) is 0 Å². The monoisotopic (exact) mass is 250 g/mol. The van der Waals surface area contributed by atoms with Crippen LogP contribution < -0.4 is 5.32 Å². The van der Waals surface area contributed by atoms with E-state index >= 15 is 0 Å². The number of nitrogens with zero attached hydrogens (tertiary/aromatic N) is 1. The van der Waals surface area contributed by atoms with Gasteiger partial charge in [0.05, 0.1) is 27.3 Å². The van der Waals surface area contributed by atoms with E-state index in [4.69, 9.17) is 28.3 Å². The third kappa shape index (κ3) is 2.95. The summed E-state index contributed by atoms with van der Waals surface area (Å²) in [6, 6.07) is 2.40. The molecule has 0 amide bonds. The molecule has 15 heavy (non-hydrogen) atoms. The zero-order valence-electron chi connectivity index (χ0n) is 7.54. The Morgan fingerprint density at radius 3 is 2.33 bits per heavy atom. The predicted molar refractivity (Wildman–Crippen MR) is 58.7 cm³/mol. The van der Waals surface area contributed by atoms with Crippen LogP contribution in [0.15, 0.2) is 12.1 Å². The molecule has 0 heterocycles. The quantitative estimate of drug-likeness (QED) is 0.635. The van der Waals surface area contributed by atoms with Gasteiger partial charge in [0, 0.05) is 18.7 Å². The summed E-state index contributed by atoms with van der Waals surface area (Å²) in [5.74, 6) is 0. The molecule has 5 nitrogen and oxygen atoms in total. The van der Waals surface area contributed by atoms with Crippen molar-refractivity contribution in [2.75, 3.05) is 18.5 Å². The van der Waals surface area contributed by atoms with Gasteiger partial charge in [0.15, 0.2) is 0 Å². The minimum atomic E-state index is -0.576. The maximum Gasteiger partial charge on any atom is 0.272 e. The lowest BCUT2D eigenvalue weighted by molar-refractivity contribution is -0.384. The van der Waals surface area contributed by atoms with Crippen molar-refractivity contribution in [3.05, 3.63) is 32.3 Å². The summed E-state index contributed by atoms with van der Waals surface area (Å²) in [6.45, 7) is 0.195. The Kier molecular flexibility index (Phi) is 4.14. The minimum Gasteiger partial charge on any atom is -0.395 e. The van der Waals surface area contributed by atoms with Crippen LogP contribution in [0.2, 0.25) is 10.0 Å². The van der Waals surface area contributed by atoms with Crippen molar-refractivity contribution in [1.29, 1.82) is 0 Å². The normalized spacial score (nSPS) is 10.1. The summed E-state index contributed by atoms with van der Waals surface area (Å²) >= 11 is 11.6. The fourth-order valence-corrected chi connectivity index (χ4v) is 1.62. The summed E-state index contributed by atoms with van der Waals surface area (Å²) < 4.78 is 0. The highest BCUT2D eigenvalue weighted by atomic mass is 35.5. The highest BCUT2D eigenvalue weighted by Gasteiger charge is 2.13. The van der Waals surface area contributed by atoms with Crippen LogP contribution >= 0.6 is 23.2 Å². The molecule has 0 radical (unpaired) electrons. The highest BCUT2D eigenvalue weighted by molar-refractivity contribution is 6.39. The van der Waals surface area contributed by atoms with Gasteiger partial charge in [-0.2, -0.15) is 0 Å². The molecule has 2 N–H and O–H groups in total. The van der Waals surface area contributed by atoms with Gasteiger partial charge in [-0.15, -0.1) is 0 Å². The molecule has 0 unspecified atom stereocenters. The largest absolute Gasteiger partial charge is 0.395 e. The zero-order chi connectivity index (χ0) is 11.4. The molecule has 0 spiro atoms. The number of nitrogens with one attached hydrogen (secondary N) is 1. The number of halogens is 2. The molecule has 0 aliphatic heterocycles. The van der Waals surface area contributed by atoms with Crippen LogP contribution in [0, 0.1) is 10.1 Å². The molecule has 0 aromatic heterocycles. The summed E-state index contributed by atoms with van der Waals surface area (Å²) in [4.78, 5) is 9.88. The molecule has 7 heteroatoms. The first-order valence-electron chi connectivity index (χ1n) is 4.04. The summed E-state index contributed by atoms with van der Waals surface area (Å²) in [5.41, 5.74) is 0.220. The summed E-state index contributed by atoms with van der Waals surface area (Å²) in [7, 11) is 0. The van der Waals surface area contributed by atoms with Crippen molar-refractivity contribution < 1.29 is 10.0 Å². The van der Waals surface area contributed by atoms with E-state index < -0.39 is 4.92 Å². The van der Waals surface area contributed by atoms with E-state index in [2.05, 4.69) is 5.32 Å². The van der Waals surface area contributed by atoms with E-state index in [1.54, 1.807) is 0 Å². The van der Waals surface area contributed by atoms with E-state index in [0.29, 0.717) is 5.69 Å². The number of benzene rings is 1. The van der Waals surface area contributed by atoms with Crippen LogP contribution in [0.4, 0.5) is 11.4 Å². The molecule has 0 aliphatic rings. The molecule has 0 atom stereocenters. The standard InChI is InChI=1S/C8H8Cl2N2O3/c9-6-3-5(12(14)15)4-7(10)8(6)11-1-2-13/h3-4,11,13H,1-2H2. The fourth-order valence-electron chi connectivity index (χ4n) is 1.01. The molecular weight excluding hydrogens is 243 g/mol. The topological polar surface area (TPSA) is 75.4 Å². The van der Waals surface area contributed by atoms with Gasteiger partial charge in [-0.25, -0.2) is 0 Å². The number of nitro groups is 1. The molecule has 0 bridgehead atoms. The smallest absolute Gasteiger partial charge is 0.272 e. The number of rotatable bonds is 4. The summed E-state index contributed by atoms with van der Waals surface area (Å²) in [6.07, 6.45) is 0. The number of hydrogen-bond donors (Lipinski definition) is 2. The lowest BCUT2D eigenvalue weighted by Crippen LogP contribution is -2.06. The van der Waals surface area contributed by atoms with Crippen LogP contribution in [0.5, 0.6) is 0 Å². The van der Waals surface area contributed by atoms with E-state index in [1.165, 1.54) is 12.1 Å². The van der Waals surface area contributed by atoms with Crippen molar-refractivity contribution in [3.63, 3.8) is 0 Å². The molecule has 1 rings (SSSR count). The number of aliphatic hydroxyl groups is 1. The summed E-state index contributed by atoms with van der Waals surface area (Å²) in [5, 5.41) is 22.1. The third-order valence-corrected chi connectivity index (χ3v) is 2.25. The SMILES string of the molecule is O=[N+]([O-])c1cc(Cl)c(NCCO)c(Cl)c1. The fraction of sp³-hybridized carbons (Fsp3) is 0.250. The first kappa shape index (κ1) is 12.0. The number of nitro benzene ring substituents is 1. The van der Waals surface area contributed by atoms with Gasteiger partial charge in [0.2, 0.25) is 0 Å². The Balaban J connectivity index is 3.04. The Hall–Kier alpha value is -1.04. The highest BCUT2D eigenvalue weighted by Crippen LogP contribution is 2.34. The second-order valence-electron chi connectivity index (χ2n) is 2.69. The van der Waals surface area contributed by atoms with Gasteiger partial charge in [0.1, 0.15) is 0 Å². The van der Waals surface area contributed by atoms with Crippen LogP contribution in [0.25, 0.3) is 0 Å². The van der Waals surface area contributed by atoms with Crippen LogP contribution in [-0.2, 0) is 0 Å². The lowest BCUT2D eigenvalue weighted by Gasteiger charge is -2.08. The van der Waals surface area contributed by atoms with Crippen molar-refractivity contribution >= 4 is 34.6 Å². The van der Waals surface area contributed by atoms with Gasteiger partial charge >= 0.3 is 0 Å². The average Bonchev–Trinajstić information content (AvgIpc) is 2.16. The van der Waals surface area contributed by atoms with Crippen LogP contribution in [-0.4, -0.2) is 23.2 Å². The van der Waals surface area contributed by atoms with Gasteiger partial charge in [-0.1, -0.05) is 23.2 Å². The first-order valence-corrected chi connectivity index (χ1v) is 4.80. The second-order valence-corrected chi connectivity index (χ2v) is 3.51. The first-order chi connectivity index (χ1) is 7.06. The number of aliphatic hydroxyl groups excluding tert-OH is 1. The van der Waals surface area contributed by atoms with Crippen molar-refractivity contribution in [3.8, 4) is 0 Å². The van der Waals surface area contributed by atoms with Gasteiger partial charge in [0.25, 0.3) is 5.69 Å². The van der Waals surface area contributed by atoms with Crippen LogP contribution in [0.3, 0.4) is 0 Å². The Morgan fingerprint density at radius 1 is 1.40 bits per heavy atom. The molecular formula is C8H8Cl2N2O3.